The molecule has 0 unspecified atom stereocenters. The summed E-state index contributed by atoms with van der Waals surface area (Å²) in [4.78, 5) is 16.2. The lowest BCUT2D eigenvalue weighted by atomic mass is 10.0. The minimum Gasteiger partial charge on any atom is -0.291 e. The van der Waals surface area contributed by atoms with Gasteiger partial charge in [-0.1, -0.05) is 30.3 Å². The summed E-state index contributed by atoms with van der Waals surface area (Å²) >= 11 is 0. The molecule has 0 saturated heterocycles. The van der Waals surface area contributed by atoms with Gasteiger partial charge in [-0.2, -0.15) is 14.4 Å². The van der Waals surface area contributed by atoms with Crippen molar-refractivity contribution in [2.24, 2.45) is 0 Å². The number of hydrogen-bond acceptors (Lipinski definition) is 5. The summed E-state index contributed by atoms with van der Waals surface area (Å²) in [6, 6.07) is 13.8. The van der Waals surface area contributed by atoms with Crippen LogP contribution in [-0.2, 0) is 23.0 Å². The number of hydrogen-bond donors (Lipinski definition) is 2. The standard InChI is InChI=1S/C18H17N5O3S/c24-17(21-18-19-12-20-22-18)14-6-3-7-16(10-14)27(25,26)23-9-8-13-4-1-2-5-15(13)11-23/h1-7,10,12H,8-9,11H2,(H2,19,20,21,22,24). The summed E-state index contributed by atoms with van der Waals surface area (Å²) in [5.41, 5.74) is 2.40. The van der Waals surface area contributed by atoms with Gasteiger partial charge < -0.3 is 0 Å². The quantitative estimate of drug-likeness (QED) is 0.714. The minimum absolute atomic E-state index is 0.0899. The van der Waals surface area contributed by atoms with E-state index >= 15 is 0 Å². The van der Waals surface area contributed by atoms with E-state index < -0.39 is 15.9 Å². The van der Waals surface area contributed by atoms with Crippen LogP contribution in [0.1, 0.15) is 21.5 Å². The van der Waals surface area contributed by atoms with E-state index in [1.807, 2.05) is 24.3 Å². The van der Waals surface area contributed by atoms with Crippen molar-refractivity contribution in [1.82, 2.24) is 19.5 Å². The van der Waals surface area contributed by atoms with Crippen LogP contribution in [0.4, 0.5) is 5.95 Å². The number of anilines is 1. The van der Waals surface area contributed by atoms with Gasteiger partial charge in [-0.15, -0.1) is 0 Å². The molecule has 0 spiro atoms. The highest BCUT2D eigenvalue weighted by Crippen LogP contribution is 2.25. The predicted octanol–water partition coefficient (Wildman–Crippen LogP) is 1.80. The molecule has 0 atom stereocenters. The maximum Gasteiger partial charge on any atom is 0.258 e. The van der Waals surface area contributed by atoms with Crippen molar-refractivity contribution in [2.75, 3.05) is 11.9 Å². The summed E-state index contributed by atoms with van der Waals surface area (Å²) in [5.74, 6) is -0.270. The normalized spacial score (nSPS) is 14.5. The van der Waals surface area contributed by atoms with E-state index in [0.717, 1.165) is 5.56 Å². The highest BCUT2D eigenvalue weighted by molar-refractivity contribution is 7.89. The Hall–Kier alpha value is -3.04. The number of carbonyl (C=O) groups is 1. The third kappa shape index (κ3) is 3.46. The van der Waals surface area contributed by atoms with Crippen LogP contribution < -0.4 is 5.32 Å². The number of rotatable bonds is 4. The number of sulfonamides is 1. The summed E-state index contributed by atoms with van der Waals surface area (Å²) in [5, 5.41) is 8.71. The topological polar surface area (TPSA) is 108 Å². The maximum absolute atomic E-state index is 13.1. The Morgan fingerprint density at radius 3 is 2.70 bits per heavy atom. The molecule has 0 saturated carbocycles. The zero-order valence-electron chi connectivity index (χ0n) is 14.3. The van der Waals surface area contributed by atoms with Gasteiger partial charge >= 0.3 is 0 Å². The van der Waals surface area contributed by atoms with Gasteiger partial charge in [0.05, 0.1) is 4.90 Å². The van der Waals surface area contributed by atoms with Crippen molar-refractivity contribution in [3.63, 3.8) is 0 Å². The van der Waals surface area contributed by atoms with Crippen molar-refractivity contribution in [2.45, 2.75) is 17.9 Å². The Morgan fingerprint density at radius 2 is 1.93 bits per heavy atom. The number of H-pyrrole nitrogens is 1. The lowest BCUT2D eigenvalue weighted by Crippen LogP contribution is -2.36. The third-order valence-electron chi connectivity index (χ3n) is 4.48. The van der Waals surface area contributed by atoms with E-state index in [9.17, 15) is 13.2 Å². The van der Waals surface area contributed by atoms with Crippen LogP contribution in [-0.4, -0.2) is 40.4 Å². The Balaban J connectivity index is 1.58. The number of amides is 1. The molecule has 138 valence electrons. The van der Waals surface area contributed by atoms with Crippen LogP contribution in [0.25, 0.3) is 0 Å². The van der Waals surface area contributed by atoms with Gasteiger partial charge in [0, 0.05) is 18.7 Å². The largest absolute Gasteiger partial charge is 0.291 e. The highest BCUT2D eigenvalue weighted by Gasteiger charge is 2.28. The Labute approximate surface area is 156 Å². The lowest BCUT2D eigenvalue weighted by molar-refractivity contribution is 0.102. The van der Waals surface area contributed by atoms with Gasteiger partial charge in [0.1, 0.15) is 6.33 Å². The maximum atomic E-state index is 13.1. The molecule has 0 bridgehead atoms. The van der Waals surface area contributed by atoms with Crippen molar-refractivity contribution in [3.8, 4) is 0 Å². The first kappa shape index (κ1) is 17.4. The van der Waals surface area contributed by atoms with E-state index in [0.29, 0.717) is 19.5 Å². The number of carbonyl (C=O) groups excluding carboxylic acids is 1. The van der Waals surface area contributed by atoms with E-state index in [2.05, 4.69) is 20.5 Å². The van der Waals surface area contributed by atoms with Gasteiger partial charge in [-0.25, -0.2) is 13.5 Å². The lowest BCUT2D eigenvalue weighted by Gasteiger charge is -2.28. The Morgan fingerprint density at radius 1 is 1.11 bits per heavy atom. The number of nitrogens with one attached hydrogen (secondary N) is 2. The van der Waals surface area contributed by atoms with Crippen LogP contribution in [0, 0.1) is 0 Å². The van der Waals surface area contributed by atoms with Gasteiger partial charge in [-0.05, 0) is 35.7 Å². The minimum atomic E-state index is -3.71. The molecule has 2 aromatic carbocycles. The summed E-state index contributed by atoms with van der Waals surface area (Å²) < 4.78 is 27.6. The number of aromatic nitrogens is 3. The van der Waals surface area contributed by atoms with E-state index in [4.69, 9.17) is 0 Å². The molecule has 1 aliphatic rings. The Bertz CT molecular complexity index is 1080. The summed E-state index contributed by atoms with van der Waals surface area (Å²) in [6.45, 7) is 0.737. The fraction of sp³-hybridized carbons (Fsp3) is 0.167. The number of aromatic amines is 1. The molecule has 0 fully saturated rings. The number of benzene rings is 2. The van der Waals surface area contributed by atoms with Gasteiger partial charge in [-0.3, -0.25) is 10.1 Å². The van der Waals surface area contributed by atoms with Crippen LogP contribution in [0.2, 0.25) is 0 Å². The molecule has 2 heterocycles. The van der Waals surface area contributed by atoms with Crippen LogP contribution in [0.5, 0.6) is 0 Å². The Kier molecular flexibility index (Phi) is 4.46. The highest BCUT2D eigenvalue weighted by atomic mass is 32.2. The zero-order chi connectivity index (χ0) is 18.9. The number of nitrogens with zero attached hydrogens (tertiary/aromatic N) is 3. The summed E-state index contributed by atoms with van der Waals surface area (Å²) in [6.07, 6.45) is 1.94. The van der Waals surface area contributed by atoms with E-state index in [-0.39, 0.29) is 16.4 Å². The molecule has 1 amide bonds. The van der Waals surface area contributed by atoms with Crippen molar-refractivity contribution in [3.05, 3.63) is 71.5 Å². The van der Waals surface area contributed by atoms with Crippen LogP contribution in [0.3, 0.4) is 0 Å². The van der Waals surface area contributed by atoms with Crippen LogP contribution in [0.15, 0.2) is 59.8 Å². The first-order valence-electron chi connectivity index (χ1n) is 8.38. The first-order chi connectivity index (χ1) is 13.0. The average Bonchev–Trinajstić information content (AvgIpc) is 3.20. The first-order valence-corrected chi connectivity index (χ1v) is 9.82. The monoisotopic (exact) mass is 383 g/mol. The van der Waals surface area contributed by atoms with Gasteiger partial charge in [0.15, 0.2) is 0 Å². The second-order valence-electron chi connectivity index (χ2n) is 6.17. The van der Waals surface area contributed by atoms with Crippen molar-refractivity contribution in [1.29, 1.82) is 0 Å². The van der Waals surface area contributed by atoms with Gasteiger partial charge in [0.2, 0.25) is 16.0 Å². The molecule has 8 nitrogen and oxygen atoms in total. The molecule has 1 aliphatic heterocycles. The van der Waals surface area contributed by atoms with E-state index in [1.165, 1.54) is 28.3 Å². The predicted molar refractivity (Wildman–Crippen MR) is 98.5 cm³/mol. The third-order valence-corrected chi connectivity index (χ3v) is 6.32. The zero-order valence-corrected chi connectivity index (χ0v) is 15.1. The second-order valence-corrected chi connectivity index (χ2v) is 8.11. The van der Waals surface area contributed by atoms with E-state index in [1.54, 1.807) is 12.1 Å². The van der Waals surface area contributed by atoms with Gasteiger partial charge in [0.25, 0.3) is 5.91 Å². The molecule has 4 rings (SSSR count). The average molecular weight is 383 g/mol. The summed E-state index contributed by atoms with van der Waals surface area (Å²) in [7, 11) is -3.71. The fourth-order valence-electron chi connectivity index (χ4n) is 3.07. The fourth-order valence-corrected chi connectivity index (χ4v) is 4.53. The molecule has 1 aromatic heterocycles. The number of fused-ring (bicyclic) bond motifs is 1. The molecular formula is C18H17N5O3S. The molecule has 0 aliphatic carbocycles. The smallest absolute Gasteiger partial charge is 0.258 e. The molecule has 0 radical (unpaired) electrons. The van der Waals surface area contributed by atoms with Crippen molar-refractivity contribution < 1.29 is 13.2 Å². The molecule has 3 aromatic rings. The SMILES string of the molecule is O=C(Nc1ncn[nH]1)c1cccc(S(=O)(=O)N2CCc3ccccc3C2)c1. The molecule has 27 heavy (non-hydrogen) atoms. The van der Waals surface area contributed by atoms with Crippen molar-refractivity contribution >= 4 is 21.9 Å². The molecule has 2 N–H and O–H groups in total. The second kappa shape index (κ2) is 6.93. The molecule has 9 heteroatoms. The molecular weight excluding hydrogens is 366 g/mol. The van der Waals surface area contributed by atoms with Crippen LogP contribution >= 0.6 is 0 Å².